The first-order valence-electron chi connectivity index (χ1n) is 6.94. The molecule has 1 unspecified atom stereocenters. The van der Waals surface area contributed by atoms with E-state index >= 15 is 0 Å². The Balaban J connectivity index is 2.49. The number of rotatable bonds is 7. The van der Waals surface area contributed by atoms with Gasteiger partial charge in [-0.1, -0.05) is 37.9 Å². The molecule has 0 saturated carbocycles. The summed E-state index contributed by atoms with van der Waals surface area (Å²) in [5.41, 5.74) is 0. The normalized spacial score (nSPS) is 12.2. The molecule has 1 rings (SSSR count). The average molecular weight is 329 g/mol. The number of benzene rings is 1. The summed E-state index contributed by atoms with van der Waals surface area (Å²) in [5, 5.41) is -0.0299. The SMILES string of the molecule is CCCC(C)COC(=O)/C=C/C(=O)Oc1c(F)cccc1Cl. The molecule has 120 valence electrons. The lowest BCUT2D eigenvalue weighted by atomic mass is 10.1. The quantitative estimate of drug-likeness (QED) is 0.432. The van der Waals surface area contributed by atoms with E-state index in [0.29, 0.717) is 0 Å². The Bertz CT molecular complexity index is 537. The fourth-order valence-electron chi connectivity index (χ4n) is 1.70. The van der Waals surface area contributed by atoms with E-state index in [2.05, 4.69) is 0 Å². The van der Waals surface area contributed by atoms with Gasteiger partial charge < -0.3 is 9.47 Å². The molecule has 0 saturated heterocycles. The largest absolute Gasteiger partial charge is 0.462 e. The van der Waals surface area contributed by atoms with Gasteiger partial charge in [-0.15, -0.1) is 0 Å². The predicted molar refractivity (Wildman–Crippen MR) is 81.2 cm³/mol. The van der Waals surface area contributed by atoms with Gasteiger partial charge >= 0.3 is 11.9 Å². The molecule has 1 aromatic carbocycles. The van der Waals surface area contributed by atoms with Crippen LogP contribution in [-0.2, 0) is 14.3 Å². The van der Waals surface area contributed by atoms with Crippen LogP contribution >= 0.6 is 11.6 Å². The summed E-state index contributed by atoms with van der Waals surface area (Å²) in [6, 6.07) is 3.89. The minimum absolute atomic E-state index is 0.0299. The van der Waals surface area contributed by atoms with E-state index in [-0.39, 0.29) is 23.3 Å². The molecule has 6 heteroatoms. The van der Waals surface area contributed by atoms with E-state index < -0.39 is 17.8 Å². The molecule has 0 bridgehead atoms. The lowest BCUT2D eigenvalue weighted by Gasteiger charge is -2.09. The van der Waals surface area contributed by atoms with Crippen molar-refractivity contribution >= 4 is 23.5 Å². The van der Waals surface area contributed by atoms with Crippen molar-refractivity contribution in [3.63, 3.8) is 0 Å². The zero-order valence-electron chi connectivity index (χ0n) is 12.5. The Morgan fingerprint density at radius 2 is 2.00 bits per heavy atom. The second-order valence-corrected chi connectivity index (χ2v) is 5.24. The Kier molecular flexibility index (Phi) is 7.60. The van der Waals surface area contributed by atoms with E-state index in [0.717, 1.165) is 31.1 Å². The second kappa shape index (κ2) is 9.20. The maximum Gasteiger partial charge on any atom is 0.336 e. The van der Waals surface area contributed by atoms with Crippen molar-refractivity contribution in [2.45, 2.75) is 26.7 Å². The van der Waals surface area contributed by atoms with E-state index in [1.807, 2.05) is 13.8 Å². The first-order chi connectivity index (χ1) is 10.4. The van der Waals surface area contributed by atoms with Crippen molar-refractivity contribution in [3.8, 4) is 5.75 Å². The topological polar surface area (TPSA) is 52.6 Å². The minimum Gasteiger partial charge on any atom is -0.462 e. The lowest BCUT2D eigenvalue weighted by Crippen LogP contribution is -2.11. The summed E-state index contributed by atoms with van der Waals surface area (Å²) in [6.45, 7) is 4.29. The molecule has 0 N–H and O–H groups in total. The molecule has 0 aliphatic carbocycles. The molecule has 4 nitrogen and oxygen atoms in total. The Labute approximate surface area is 133 Å². The average Bonchev–Trinajstić information content (AvgIpc) is 2.47. The van der Waals surface area contributed by atoms with Crippen LogP contribution < -0.4 is 4.74 Å². The molecule has 0 aromatic heterocycles. The van der Waals surface area contributed by atoms with Crippen LogP contribution in [0.25, 0.3) is 0 Å². The van der Waals surface area contributed by atoms with E-state index in [1.165, 1.54) is 12.1 Å². The van der Waals surface area contributed by atoms with Crippen LogP contribution in [0.15, 0.2) is 30.4 Å². The van der Waals surface area contributed by atoms with Gasteiger partial charge in [0.2, 0.25) is 0 Å². The standard InChI is InChI=1S/C16H18ClFO4/c1-3-5-11(2)10-21-14(19)8-9-15(20)22-16-12(17)6-4-7-13(16)18/h4,6-9,11H,3,5,10H2,1-2H3/b9-8+. The lowest BCUT2D eigenvalue weighted by molar-refractivity contribution is -0.139. The number of carbonyl (C=O) groups is 2. The van der Waals surface area contributed by atoms with Crippen LogP contribution in [0.3, 0.4) is 0 Å². The van der Waals surface area contributed by atoms with E-state index in [9.17, 15) is 14.0 Å². The van der Waals surface area contributed by atoms with Crippen molar-refractivity contribution in [1.82, 2.24) is 0 Å². The number of esters is 2. The van der Waals surface area contributed by atoms with Crippen molar-refractivity contribution in [2.24, 2.45) is 5.92 Å². The molecule has 1 aromatic rings. The van der Waals surface area contributed by atoms with Crippen LogP contribution in [0.5, 0.6) is 5.75 Å². The maximum atomic E-state index is 13.4. The van der Waals surface area contributed by atoms with E-state index in [4.69, 9.17) is 21.1 Å². The highest BCUT2D eigenvalue weighted by Crippen LogP contribution is 2.27. The van der Waals surface area contributed by atoms with Crippen LogP contribution in [0, 0.1) is 11.7 Å². The van der Waals surface area contributed by atoms with Gasteiger partial charge in [0.15, 0.2) is 11.6 Å². The fraction of sp³-hybridized carbons (Fsp3) is 0.375. The first-order valence-corrected chi connectivity index (χ1v) is 7.32. The number of hydrogen-bond donors (Lipinski definition) is 0. The number of hydrogen-bond acceptors (Lipinski definition) is 4. The Morgan fingerprint density at radius 1 is 1.32 bits per heavy atom. The number of halogens is 2. The molecular weight excluding hydrogens is 311 g/mol. The molecule has 0 aliphatic rings. The minimum atomic E-state index is -0.912. The molecule has 1 atom stereocenters. The third-order valence-electron chi connectivity index (χ3n) is 2.77. The third kappa shape index (κ3) is 6.26. The number of carbonyl (C=O) groups excluding carboxylic acids is 2. The highest BCUT2D eigenvalue weighted by molar-refractivity contribution is 6.32. The highest BCUT2D eigenvalue weighted by atomic mass is 35.5. The predicted octanol–water partition coefficient (Wildman–Crippen LogP) is 3.92. The monoisotopic (exact) mass is 328 g/mol. The van der Waals surface area contributed by atoms with Crippen molar-refractivity contribution in [2.75, 3.05) is 6.61 Å². The van der Waals surface area contributed by atoms with Gasteiger partial charge in [0, 0.05) is 12.2 Å². The van der Waals surface area contributed by atoms with Gasteiger partial charge in [0.05, 0.1) is 11.6 Å². The maximum absolute atomic E-state index is 13.4. The van der Waals surface area contributed by atoms with Crippen LogP contribution in [0.2, 0.25) is 5.02 Å². The summed E-state index contributed by atoms with van der Waals surface area (Å²) < 4.78 is 23.1. The van der Waals surface area contributed by atoms with Crippen molar-refractivity contribution in [3.05, 3.63) is 41.2 Å². The van der Waals surface area contributed by atoms with Crippen LogP contribution in [-0.4, -0.2) is 18.5 Å². The smallest absolute Gasteiger partial charge is 0.336 e. The molecule has 22 heavy (non-hydrogen) atoms. The van der Waals surface area contributed by atoms with Crippen LogP contribution in [0.1, 0.15) is 26.7 Å². The fourth-order valence-corrected chi connectivity index (χ4v) is 1.90. The zero-order chi connectivity index (χ0) is 16.5. The summed E-state index contributed by atoms with van der Waals surface area (Å²) in [6.07, 6.45) is 3.76. The molecule has 0 fully saturated rings. The molecular formula is C16H18ClFO4. The Hall–Kier alpha value is -1.88. The summed E-state index contributed by atoms with van der Waals surface area (Å²) >= 11 is 5.72. The van der Waals surface area contributed by atoms with Crippen molar-refractivity contribution in [1.29, 1.82) is 0 Å². The second-order valence-electron chi connectivity index (χ2n) is 4.83. The summed E-state index contributed by atoms with van der Waals surface area (Å²) in [5.74, 6) is -2.44. The van der Waals surface area contributed by atoms with E-state index in [1.54, 1.807) is 0 Å². The molecule has 0 spiro atoms. The molecule has 0 radical (unpaired) electrons. The number of para-hydroxylation sites is 1. The Morgan fingerprint density at radius 3 is 2.64 bits per heavy atom. The summed E-state index contributed by atoms with van der Waals surface area (Å²) in [7, 11) is 0. The first kappa shape index (κ1) is 18.2. The van der Waals surface area contributed by atoms with Gasteiger partial charge in [-0.05, 0) is 24.5 Å². The zero-order valence-corrected chi connectivity index (χ0v) is 13.2. The van der Waals surface area contributed by atoms with Gasteiger partial charge in [0.25, 0.3) is 0 Å². The van der Waals surface area contributed by atoms with Crippen molar-refractivity contribution < 1.29 is 23.5 Å². The van der Waals surface area contributed by atoms with Crippen LogP contribution in [0.4, 0.5) is 4.39 Å². The van der Waals surface area contributed by atoms with Gasteiger partial charge in [0.1, 0.15) is 0 Å². The van der Waals surface area contributed by atoms with Gasteiger partial charge in [-0.3, -0.25) is 0 Å². The highest BCUT2D eigenvalue weighted by Gasteiger charge is 2.12. The molecule has 0 amide bonds. The van der Waals surface area contributed by atoms with Gasteiger partial charge in [-0.2, -0.15) is 0 Å². The summed E-state index contributed by atoms with van der Waals surface area (Å²) in [4.78, 5) is 22.9. The number of ether oxygens (including phenoxy) is 2. The molecule has 0 aliphatic heterocycles. The molecule has 0 heterocycles. The third-order valence-corrected chi connectivity index (χ3v) is 3.07. The van der Waals surface area contributed by atoms with Gasteiger partial charge in [-0.25, -0.2) is 14.0 Å².